The summed E-state index contributed by atoms with van der Waals surface area (Å²) in [5.74, 6) is -0.274. The molecule has 1 aliphatic rings. The quantitative estimate of drug-likeness (QED) is 0.482. The summed E-state index contributed by atoms with van der Waals surface area (Å²) in [7, 11) is 0. The van der Waals surface area contributed by atoms with E-state index in [9.17, 15) is 9.59 Å². The molecule has 0 spiro atoms. The molecule has 0 aromatic carbocycles. The number of hydrogen-bond donors (Lipinski definition) is 2. The Balaban J connectivity index is 2.72. The van der Waals surface area contributed by atoms with Gasteiger partial charge < -0.3 is 11.1 Å². The molecule has 56 valence electrons. The van der Waals surface area contributed by atoms with Gasteiger partial charge in [-0.25, -0.2) is 0 Å². The maximum absolute atomic E-state index is 10.8. The zero-order valence-electron chi connectivity index (χ0n) is 5.81. The molecular weight excluding hydrogens is 132 g/mol. The highest BCUT2D eigenvalue weighted by molar-refractivity contribution is 5.95. The number of amides is 1. The van der Waals surface area contributed by atoms with Crippen LogP contribution in [0.1, 0.15) is 13.3 Å². The molecule has 1 amide bonds. The molecule has 4 heteroatoms. The van der Waals surface area contributed by atoms with Gasteiger partial charge in [-0.05, 0) is 6.92 Å². The van der Waals surface area contributed by atoms with E-state index in [-0.39, 0.29) is 24.7 Å². The van der Waals surface area contributed by atoms with Crippen LogP contribution in [0.3, 0.4) is 0 Å². The van der Waals surface area contributed by atoms with Crippen molar-refractivity contribution in [2.75, 3.05) is 6.54 Å². The highest BCUT2D eigenvalue weighted by Crippen LogP contribution is 2.12. The number of nitrogens with two attached hydrogens (primary N) is 1. The van der Waals surface area contributed by atoms with Crippen LogP contribution < -0.4 is 11.1 Å². The monoisotopic (exact) mass is 142 g/mol. The SMILES string of the molecule is CC(=O)C1(N)CNC(=O)C1. The maximum atomic E-state index is 10.8. The largest absolute Gasteiger partial charge is 0.354 e. The molecule has 0 bridgehead atoms. The van der Waals surface area contributed by atoms with E-state index < -0.39 is 5.54 Å². The summed E-state index contributed by atoms with van der Waals surface area (Å²) < 4.78 is 0. The number of nitrogens with one attached hydrogen (secondary N) is 1. The first kappa shape index (κ1) is 7.21. The minimum Gasteiger partial charge on any atom is -0.354 e. The summed E-state index contributed by atoms with van der Waals surface area (Å²) in [4.78, 5) is 21.4. The van der Waals surface area contributed by atoms with Crippen molar-refractivity contribution in [1.82, 2.24) is 5.32 Å². The number of hydrogen-bond acceptors (Lipinski definition) is 3. The third-order valence-electron chi connectivity index (χ3n) is 1.78. The third kappa shape index (κ3) is 1.02. The Hall–Kier alpha value is -0.900. The van der Waals surface area contributed by atoms with Crippen LogP contribution in [0, 0.1) is 0 Å². The lowest BCUT2D eigenvalue weighted by Crippen LogP contribution is -2.48. The van der Waals surface area contributed by atoms with Crippen molar-refractivity contribution in [2.45, 2.75) is 18.9 Å². The Morgan fingerprint density at radius 3 is 2.60 bits per heavy atom. The van der Waals surface area contributed by atoms with Gasteiger partial charge in [-0.15, -0.1) is 0 Å². The summed E-state index contributed by atoms with van der Waals surface area (Å²) >= 11 is 0. The molecule has 1 atom stereocenters. The van der Waals surface area contributed by atoms with Crippen molar-refractivity contribution < 1.29 is 9.59 Å². The van der Waals surface area contributed by atoms with Crippen LogP contribution in [0.15, 0.2) is 0 Å². The van der Waals surface area contributed by atoms with Crippen LogP contribution in [0.2, 0.25) is 0 Å². The molecule has 1 fully saturated rings. The van der Waals surface area contributed by atoms with Gasteiger partial charge in [-0.2, -0.15) is 0 Å². The van der Waals surface area contributed by atoms with Crippen molar-refractivity contribution in [3.63, 3.8) is 0 Å². The number of Topliss-reactive ketones (excluding diaryl/α,β-unsaturated/α-hetero) is 1. The number of carbonyl (C=O) groups excluding carboxylic acids is 2. The minimum absolute atomic E-state index is 0.127. The van der Waals surface area contributed by atoms with E-state index in [1.807, 2.05) is 0 Å². The van der Waals surface area contributed by atoms with Crippen molar-refractivity contribution in [2.24, 2.45) is 5.73 Å². The highest BCUT2D eigenvalue weighted by atomic mass is 16.2. The van der Waals surface area contributed by atoms with Gasteiger partial charge >= 0.3 is 0 Å². The number of ketones is 1. The second-order valence-corrected chi connectivity index (χ2v) is 2.67. The molecule has 0 aromatic rings. The summed E-state index contributed by atoms with van der Waals surface area (Å²) in [6.45, 7) is 1.68. The lowest BCUT2D eigenvalue weighted by Gasteiger charge is -2.15. The standard InChI is InChI=1S/C6H10N2O2/c1-4(9)6(7)2-5(10)8-3-6/h2-3,7H2,1H3,(H,8,10). The first-order valence-corrected chi connectivity index (χ1v) is 3.11. The van der Waals surface area contributed by atoms with Crippen molar-refractivity contribution in [1.29, 1.82) is 0 Å². The molecule has 1 unspecified atom stereocenters. The van der Waals surface area contributed by atoms with Crippen LogP contribution in [-0.4, -0.2) is 23.8 Å². The fraction of sp³-hybridized carbons (Fsp3) is 0.667. The zero-order chi connectivity index (χ0) is 7.78. The maximum Gasteiger partial charge on any atom is 0.222 e. The van der Waals surface area contributed by atoms with E-state index in [4.69, 9.17) is 5.73 Å². The van der Waals surface area contributed by atoms with E-state index in [0.29, 0.717) is 0 Å². The van der Waals surface area contributed by atoms with Crippen LogP contribution in [0.25, 0.3) is 0 Å². The van der Waals surface area contributed by atoms with E-state index in [1.165, 1.54) is 6.92 Å². The third-order valence-corrected chi connectivity index (χ3v) is 1.78. The van der Waals surface area contributed by atoms with Crippen LogP contribution >= 0.6 is 0 Å². The fourth-order valence-electron chi connectivity index (χ4n) is 0.917. The fourth-order valence-corrected chi connectivity index (χ4v) is 0.917. The van der Waals surface area contributed by atoms with Gasteiger partial charge in [0.05, 0.1) is 6.42 Å². The molecule has 10 heavy (non-hydrogen) atoms. The predicted octanol–water partition coefficient (Wildman–Crippen LogP) is -1.21. The molecule has 1 heterocycles. The molecule has 0 saturated carbocycles. The van der Waals surface area contributed by atoms with Crippen LogP contribution in [-0.2, 0) is 9.59 Å². The van der Waals surface area contributed by atoms with Gasteiger partial charge in [0.1, 0.15) is 5.54 Å². The molecule has 3 N–H and O–H groups in total. The summed E-state index contributed by atoms with van der Waals surface area (Å²) in [5.41, 5.74) is 4.63. The Bertz CT molecular complexity index is 190. The molecule has 0 radical (unpaired) electrons. The zero-order valence-corrected chi connectivity index (χ0v) is 5.81. The molecule has 1 rings (SSSR count). The minimum atomic E-state index is -0.933. The highest BCUT2D eigenvalue weighted by Gasteiger charge is 2.38. The molecule has 1 saturated heterocycles. The van der Waals surface area contributed by atoms with Gasteiger partial charge in [0.2, 0.25) is 5.91 Å². The average molecular weight is 142 g/mol. The molecule has 0 aliphatic carbocycles. The average Bonchev–Trinajstić information content (AvgIpc) is 2.13. The number of rotatable bonds is 1. The van der Waals surface area contributed by atoms with E-state index >= 15 is 0 Å². The smallest absolute Gasteiger partial charge is 0.222 e. The van der Waals surface area contributed by atoms with E-state index in [2.05, 4.69) is 5.32 Å². The van der Waals surface area contributed by atoms with Gasteiger partial charge in [0.25, 0.3) is 0 Å². The Morgan fingerprint density at radius 1 is 1.80 bits per heavy atom. The summed E-state index contributed by atoms with van der Waals surface area (Å²) in [6.07, 6.45) is 0.127. The lowest BCUT2D eigenvalue weighted by molar-refractivity contribution is -0.124. The number of carbonyl (C=O) groups is 2. The van der Waals surface area contributed by atoms with Crippen molar-refractivity contribution >= 4 is 11.7 Å². The normalized spacial score (nSPS) is 32.0. The first-order valence-electron chi connectivity index (χ1n) is 3.11. The van der Waals surface area contributed by atoms with E-state index in [0.717, 1.165) is 0 Å². The van der Waals surface area contributed by atoms with Crippen molar-refractivity contribution in [3.8, 4) is 0 Å². The van der Waals surface area contributed by atoms with Crippen LogP contribution in [0.4, 0.5) is 0 Å². The van der Waals surface area contributed by atoms with Crippen molar-refractivity contribution in [3.05, 3.63) is 0 Å². The van der Waals surface area contributed by atoms with E-state index in [1.54, 1.807) is 0 Å². The lowest BCUT2D eigenvalue weighted by atomic mass is 9.95. The molecule has 0 aromatic heterocycles. The topological polar surface area (TPSA) is 72.2 Å². The van der Waals surface area contributed by atoms with Gasteiger partial charge in [-0.1, -0.05) is 0 Å². The van der Waals surface area contributed by atoms with Gasteiger partial charge in [0, 0.05) is 6.54 Å². The first-order chi connectivity index (χ1) is 4.54. The summed E-state index contributed by atoms with van der Waals surface area (Å²) in [5, 5.41) is 2.51. The predicted molar refractivity (Wildman–Crippen MR) is 35.2 cm³/mol. The molecule has 1 aliphatic heterocycles. The van der Waals surface area contributed by atoms with Gasteiger partial charge in [0.15, 0.2) is 5.78 Å². The Kier molecular flexibility index (Phi) is 1.48. The summed E-state index contributed by atoms with van der Waals surface area (Å²) in [6, 6.07) is 0. The molecular formula is C6H10N2O2. The second-order valence-electron chi connectivity index (χ2n) is 2.67. The van der Waals surface area contributed by atoms with Crippen LogP contribution in [0.5, 0.6) is 0 Å². The Labute approximate surface area is 58.8 Å². The molecule has 4 nitrogen and oxygen atoms in total. The second kappa shape index (κ2) is 2.05. The van der Waals surface area contributed by atoms with Gasteiger partial charge in [-0.3, -0.25) is 9.59 Å². The Morgan fingerprint density at radius 2 is 2.40 bits per heavy atom.